The highest BCUT2D eigenvalue weighted by Gasteiger charge is 2.36. The van der Waals surface area contributed by atoms with Gasteiger partial charge in [-0.05, 0) is 93.5 Å². The zero-order chi connectivity index (χ0) is 41.5. The van der Waals surface area contributed by atoms with Gasteiger partial charge in [0.2, 0.25) is 0 Å². The van der Waals surface area contributed by atoms with Crippen LogP contribution in [0, 0.1) is 5.92 Å². The Bertz CT molecular complexity index is 1680. The van der Waals surface area contributed by atoms with Crippen LogP contribution in [-0.2, 0) is 18.9 Å². The fraction of sp³-hybridized carbons (Fsp3) is 0.429. The lowest BCUT2D eigenvalue weighted by Gasteiger charge is -2.35. The normalized spacial score (nSPS) is 13.9. The molecule has 57 heavy (non-hydrogen) atoms. The van der Waals surface area contributed by atoms with Gasteiger partial charge in [-0.15, -0.1) is 0 Å². The molecule has 0 aliphatic heterocycles. The van der Waals surface area contributed by atoms with Gasteiger partial charge in [0.05, 0.1) is 22.3 Å². The second-order valence-electron chi connectivity index (χ2n) is 14.3. The van der Waals surface area contributed by atoms with E-state index in [2.05, 4.69) is 13.8 Å². The molecule has 4 aromatic rings. The van der Waals surface area contributed by atoms with E-state index in [9.17, 15) is 19.2 Å². The summed E-state index contributed by atoms with van der Waals surface area (Å²) in [5, 5.41) is 0. The van der Waals surface area contributed by atoms with Crippen molar-refractivity contribution in [1.82, 2.24) is 0 Å². The van der Waals surface area contributed by atoms with Crippen molar-refractivity contribution in [3.05, 3.63) is 144 Å². The largest absolute Gasteiger partial charge is 0.459 e. The van der Waals surface area contributed by atoms with Crippen molar-refractivity contribution in [1.29, 1.82) is 0 Å². The number of carbonyl (C=O) groups is 4. The maximum Gasteiger partial charge on any atom is 0.338 e. The third kappa shape index (κ3) is 15.0. The Hall–Kier alpha value is -5.24. The fourth-order valence-corrected chi connectivity index (χ4v) is 6.85. The van der Waals surface area contributed by atoms with Crippen molar-refractivity contribution in [2.45, 2.75) is 130 Å². The zero-order valence-corrected chi connectivity index (χ0v) is 34.7. The third-order valence-electron chi connectivity index (χ3n) is 10.2. The maximum absolute atomic E-state index is 12.8. The number of hydrogen-bond acceptors (Lipinski definition) is 8. The van der Waals surface area contributed by atoms with Gasteiger partial charge in [0, 0.05) is 12.3 Å². The molecule has 0 fully saturated rings. The van der Waals surface area contributed by atoms with E-state index in [0.717, 1.165) is 32.1 Å². The van der Waals surface area contributed by atoms with E-state index >= 15 is 0 Å². The van der Waals surface area contributed by atoms with E-state index in [0.29, 0.717) is 54.4 Å². The second-order valence-corrected chi connectivity index (χ2v) is 14.3. The molecule has 0 bridgehead atoms. The standard InChI is InChI=1S/C25H32O4.C24H30O4/c1-4-7-18-25(6-3,29-24(27)21-16-12-9-13-17-21)19-22(5-2)28-23(26)20-14-10-8-11-15-20;1-4-13-20(21(5-2)27-23(25)18-14-9-7-10-15-18)22(6-3)28-24(26)19-16-11-8-12-17-19/h8-17,22H,4-7,18-19H2,1-3H3;7-12,14-17,20-22H,4-6,13H2,1-3H3. The average Bonchev–Trinajstić information content (AvgIpc) is 3.26. The predicted molar refractivity (Wildman–Crippen MR) is 225 cm³/mol. The molecule has 4 aromatic carbocycles. The minimum atomic E-state index is -0.652. The van der Waals surface area contributed by atoms with Crippen LogP contribution >= 0.6 is 0 Å². The Morgan fingerprint density at radius 1 is 0.491 bits per heavy atom. The van der Waals surface area contributed by atoms with Crippen LogP contribution in [0.5, 0.6) is 0 Å². The second kappa shape index (κ2) is 25.1. The Morgan fingerprint density at radius 2 is 0.877 bits per heavy atom. The first kappa shape index (κ1) is 46.1. The first-order valence-corrected chi connectivity index (χ1v) is 20.7. The van der Waals surface area contributed by atoms with Crippen LogP contribution in [-0.4, -0.2) is 47.8 Å². The van der Waals surface area contributed by atoms with E-state index in [4.69, 9.17) is 18.9 Å². The fourth-order valence-electron chi connectivity index (χ4n) is 6.85. The van der Waals surface area contributed by atoms with Gasteiger partial charge in [-0.3, -0.25) is 0 Å². The smallest absolute Gasteiger partial charge is 0.338 e. The first-order valence-electron chi connectivity index (χ1n) is 20.7. The van der Waals surface area contributed by atoms with Gasteiger partial charge in [-0.25, -0.2) is 19.2 Å². The molecule has 0 heterocycles. The van der Waals surface area contributed by atoms with Crippen LogP contribution in [0.4, 0.5) is 0 Å². The highest BCUT2D eigenvalue weighted by molar-refractivity contribution is 5.91. The molecule has 4 unspecified atom stereocenters. The van der Waals surface area contributed by atoms with Crippen molar-refractivity contribution in [2.75, 3.05) is 0 Å². The molecule has 0 amide bonds. The molecule has 4 atom stereocenters. The molecule has 0 spiro atoms. The van der Waals surface area contributed by atoms with Gasteiger partial charge >= 0.3 is 23.9 Å². The lowest BCUT2D eigenvalue weighted by molar-refractivity contribution is -0.0566. The Balaban J connectivity index is 0.000000306. The van der Waals surface area contributed by atoms with E-state index in [1.54, 1.807) is 48.5 Å². The van der Waals surface area contributed by atoms with Crippen molar-refractivity contribution in [3.63, 3.8) is 0 Å². The molecule has 4 rings (SSSR count). The van der Waals surface area contributed by atoms with Gasteiger partial charge in [-0.1, -0.05) is 127 Å². The Labute approximate surface area is 340 Å². The summed E-state index contributed by atoms with van der Waals surface area (Å²) in [6.45, 7) is 12.2. The molecule has 306 valence electrons. The van der Waals surface area contributed by atoms with Crippen molar-refractivity contribution >= 4 is 23.9 Å². The van der Waals surface area contributed by atoms with Gasteiger partial charge in [0.15, 0.2) is 0 Å². The first-order chi connectivity index (χ1) is 27.6. The molecule has 8 heteroatoms. The zero-order valence-electron chi connectivity index (χ0n) is 34.7. The lowest BCUT2D eigenvalue weighted by Crippen LogP contribution is -2.39. The predicted octanol–water partition coefficient (Wildman–Crippen LogP) is 11.9. The van der Waals surface area contributed by atoms with Crippen molar-refractivity contribution < 1.29 is 38.1 Å². The summed E-state index contributed by atoms with van der Waals surface area (Å²) in [6.07, 6.45) is 6.68. The molecular formula is C49H62O8. The summed E-state index contributed by atoms with van der Waals surface area (Å²) < 4.78 is 23.5. The average molecular weight is 779 g/mol. The summed E-state index contributed by atoms with van der Waals surface area (Å²) in [5.41, 5.74) is 1.48. The summed E-state index contributed by atoms with van der Waals surface area (Å²) >= 11 is 0. The molecule has 0 aromatic heterocycles. The number of carbonyl (C=O) groups excluding carboxylic acids is 4. The number of unbranched alkanes of at least 4 members (excludes halogenated alkanes) is 1. The van der Waals surface area contributed by atoms with Gasteiger partial charge in [-0.2, -0.15) is 0 Å². The summed E-state index contributed by atoms with van der Waals surface area (Å²) in [7, 11) is 0. The molecule has 0 saturated carbocycles. The highest BCUT2D eigenvalue weighted by atomic mass is 16.6. The molecule has 0 saturated heterocycles. The van der Waals surface area contributed by atoms with Gasteiger partial charge < -0.3 is 18.9 Å². The summed E-state index contributed by atoms with van der Waals surface area (Å²) in [6, 6.07) is 36.0. The van der Waals surface area contributed by atoms with Crippen LogP contribution < -0.4 is 0 Å². The molecule has 0 aliphatic carbocycles. The minimum absolute atomic E-state index is 0.0414. The van der Waals surface area contributed by atoms with Gasteiger partial charge in [0.25, 0.3) is 0 Å². The summed E-state index contributed by atoms with van der Waals surface area (Å²) in [4.78, 5) is 50.4. The molecule has 8 nitrogen and oxygen atoms in total. The van der Waals surface area contributed by atoms with Crippen molar-refractivity contribution in [2.24, 2.45) is 5.92 Å². The Morgan fingerprint density at radius 3 is 1.21 bits per heavy atom. The monoisotopic (exact) mass is 778 g/mol. The molecular weight excluding hydrogens is 717 g/mol. The molecule has 0 aliphatic rings. The number of hydrogen-bond donors (Lipinski definition) is 0. The van der Waals surface area contributed by atoms with Crippen LogP contribution in [0.15, 0.2) is 121 Å². The van der Waals surface area contributed by atoms with E-state index in [-0.39, 0.29) is 48.1 Å². The lowest BCUT2D eigenvalue weighted by atomic mass is 9.86. The van der Waals surface area contributed by atoms with E-state index in [1.165, 1.54) is 0 Å². The maximum atomic E-state index is 12.8. The SMILES string of the molecule is CCCC(C(CC)OC(=O)c1ccccc1)C(CC)OC(=O)c1ccccc1.CCCCC(CC)(CC(CC)OC(=O)c1ccccc1)OC(=O)c1ccccc1. The Kier molecular flexibility index (Phi) is 20.3. The summed E-state index contributed by atoms with van der Waals surface area (Å²) in [5.74, 6) is -1.38. The quantitative estimate of drug-likeness (QED) is 0.0608. The molecule has 0 N–H and O–H groups in total. The molecule has 0 radical (unpaired) electrons. The van der Waals surface area contributed by atoms with Crippen LogP contribution in [0.25, 0.3) is 0 Å². The van der Waals surface area contributed by atoms with Gasteiger partial charge in [0.1, 0.15) is 23.9 Å². The van der Waals surface area contributed by atoms with E-state index < -0.39 is 5.60 Å². The number of esters is 4. The topological polar surface area (TPSA) is 105 Å². The highest BCUT2D eigenvalue weighted by Crippen LogP contribution is 2.32. The van der Waals surface area contributed by atoms with Crippen LogP contribution in [0.3, 0.4) is 0 Å². The third-order valence-corrected chi connectivity index (χ3v) is 10.2. The number of ether oxygens (including phenoxy) is 4. The van der Waals surface area contributed by atoms with Crippen LogP contribution in [0.1, 0.15) is 147 Å². The number of rotatable bonds is 21. The van der Waals surface area contributed by atoms with Crippen LogP contribution in [0.2, 0.25) is 0 Å². The minimum Gasteiger partial charge on any atom is -0.459 e. The van der Waals surface area contributed by atoms with E-state index in [1.807, 2.05) is 100 Å². The number of benzene rings is 4. The van der Waals surface area contributed by atoms with Crippen molar-refractivity contribution in [3.8, 4) is 0 Å².